The van der Waals surface area contributed by atoms with Gasteiger partial charge in [-0.1, -0.05) is 18.2 Å². The van der Waals surface area contributed by atoms with Crippen molar-refractivity contribution in [1.29, 1.82) is 0 Å². The Labute approximate surface area is 161 Å². The highest BCUT2D eigenvalue weighted by Crippen LogP contribution is 2.43. The van der Waals surface area contributed by atoms with Gasteiger partial charge in [-0.3, -0.25) is 14.5 Å². The van der Waals surface area contributed by atoms with Gasteiger partial charge in [0, 0.05) is 35.7 Å². The van der Waals surface area contributed by atoms with Crippen molar-refractivity contribution >= 4 is 23.3 Å². The summed E-state index contributed by atoms with van der Waals surface area (Å²) < 4.78 is 13.3. The predicted octanol–water partition coefficient (Wildman–Crippen LogP) is 4.05. The van der Waals surface area contributed by atoms with Gasteiger partial charge in [-0.15, -0.1) is 0 Å². The summed E-state index contributed by atoms with van der Waals surface area (Å²) in [7, 11) is 0. The maximum absolute atomic E-state index is 13.3. The van der Waals surface area contributed by atoms with E-state index in [1.165, 1.54) is 29.2 Å². The van der Waals surface area contributed by atoms with Crippen LogP contribution in [0.1, 0.15) is 47.5 Å². The fourth-order valence-electron chi connectivity index (χ4n) is 4.05. The smallest absolute Gasteiger partial charge is 0.335 e. The van der Waals surface area contributed by atoms with E-state index in [1.54, 1.807) is 24.3 Å². The van der Waals surface area contributed by atoms with E-state index in [0.29, 0.717) is 36.2 Å². The highest BCUT2D eigenvalue weighted by atomic mass is 19.1. The van der Waals surface area contributed by atoms with Crippen molar-refractivity contribution in [3.8, 4) is 0 Å². The van der Waals surface area contributed by atoms with Crippen molar-refractivity contribution in [3.05, 3.63) is 76.7 Å². The summed E-state index contributed by atoms with van der Waals surface area (Å²) >= 11 is 0. The second kappa shape index (κ2) is 7.03. The van der Waals surface area contributed by atoms with Crippen LogP contribution in [0.3, 0.4) is 0 Å². The molecule has 5 nitrogen and oxygen atoms in total. The van der Waals surface area contributed by atoms with Gasteiger partial charge in [0.1, 0.15) is 5.82 Å². The molecule has 4 rings (SSSR count). The van der Waals surface area contributed by atoms with Crippen LogP contribution < -0.4 is 4.90 Å². The lowest BCUT2D eigenvalue weighted by Crippen LogP contribution is -2.40. The quantitative estimate of drug-likeness (QED) is 0.873. The second-order valence-corrected chi connectivity index (χ2v) is 7.03. The number of carbonyl (C=O) groups excluding carboxylic acids is 2. The molecule has 1 heterocycles. The molecule has 28 heavy (non-hydrogen) atoms. The van der Waals surface area contributed by atoms with E-state index in [1.807, 2.05) is 0 Å². The number of hydrogen-bond donors (Lipinski definition) is 1. The van der Waals surface area contributed by atoms with Crippen LogP contribution in [0.5, 0.6) is 0 Å². The lowest BCUT2D eigenvalue weighted by molar-refractivity contribution is -0.119. The normalized spacial score (nSPS) is 19.6. The van der Waals surface area contributed by atoms with Crippen molar-refractivity contribution in [1.82, 2.24) is 0 Å². The third kappa shape index (κ3) is 3.11. The number of Topliss-reactive ketones (excluding diaryl/α,β-unsaturated/α-hetero) is 1. The second-order valence-electron chi connectivity index (χ2n) is 7.03. The van der Waals surface area contributed by atoms with Crippen LogP contribution >= 0.6 is 0 Å². The molecule has 2 aromatic carbocycles. The van der Waals surface area contributed by atoms with E-state index in [2.05, 4.69) is 0 Å². The standard InChI is InChI=1S/C22H18FNO4/c23-15-9-7-13(8-10-15)17-12-20(26)24(18-5-2-6-19(25)21(17)18)16-4-1-3-14(11-16)22(27)28/h1,3-4,7-11,17H,2,5-6,12H2,(H,27,28). The number of ketones is 1. The first-order chi connectivity index (χ1) is 13.5. The van der Waals surface area contributed by atoms with Gasteiger partial charge in [0.25, 0.3) is 0 Å². The lowest BCUT2D eigenvalue weighted by atomic mass is 9.77. The number of rotatable bonds is 3. The summed E-state index contributed by atoms with van der Waals surface area (Å²) in [5.41, 5.74) is 2.47. The topological polar surface area (TPSA) is 74.7 Å². The number of anilines is 1. The Hall–Kier alpha value is -3.28. The van der Waals surface area contributed by atoms with Crippen LogP contribution in [-0.2, 0) is 9.59 Å². The molecule has 1 aliphatic carbocycles. The molecule has 1 atom stereocenters. The molecule has 142 valence electrons. The molecule has 1 amide bonds. The molecule has 0 bridgehead atoms. The van der Waals surface area contributed by atoms with Crippen LogP contribution in [-0.4, -0.2) is 22.8 Å². The van der Waals surface area contributed by atoms with Crippen molar-refractivity contribution in [3.63, 3.8) is 0 Å². The molecule has 0 spiro atoms. The van der Waals surface area contributed by atoms with Crippen LogP contribution in [0.25, 0.3) is 0 Å². The van der Waals surface area contributed by atoms with Gasteiger partial charge in [-0.2, -0.15) is 0 Å². The van der Waals surface area contributed by atoms with E-state index in [0.717, 1.165) is 5.56 Å². The molecule has 2 aromatic rings. The number of aromatic carboxylic acids is 1. The molecule has 2 aliphatic rings. The Bertz CT molecular complexity index is 1010. The maximum Gasteiger partial charge on any atom is 0.335 e. The highest BCUT2D eigenvalue weighted by molar-refractivity contribution is 6.07. The minimum absolute atomic E-state index is 0.0116. The number of hydrogen-bond acceptors (Lipinski definition) is 3. The SMILES string of the molecule is O=C1CCCC2=C1C(c1ccc(F)cc1)CC(=O)N2c1cccc(C(=O)O)c1. The Morgan fingerprint density at radius 1 is 1.07 bits per heavy atom. The third-order valence-corrected chi connectivity index (χ3v) is 5.30. The predicted molar refractivity (Wildman–Crippen MR) is 101 cm³/mol. The minimum atomic E-state index is -1.08. The zero-order chi connectivity index (χ0) is 19.8. The highest BCUT2D eigenvalue weighted by Gasteiger charge is 2.39. The molecule has 1 unspecified atom stereocenters. The minimum Gasteiger partial charge on any atom is -0.478 e. The monoisotopic (exact) mass is 379 g/mol. The van der Waals surface area contributed by atoms with Crippen LogP contribution in [0, 0.1) is 5.82 Å². The Balaban J connectivity index is 1.84. The summed E-state index contributed by atoms with van der Waals surface area (Å²) in [4.78, 5) is 38.6. The van der Waals surface area contributed by atoms with Gasteiger partial charge in [0.15, 0.2) is 5.78 Å². The van der Waals surface area contributed by atoms with Crippen LogP contribution in [0.4, 0.5) is 10.1 Å². The molecule has 1 aliphatic heterocycles. The van der Waals surface area contributed by atoms with E-state index >= 15 is 0 Å². The average Bonchev–Trinajstić information content (AvgIpc) is 2.68. The van der Waals surface area contributed by atoms with Gasteiger partial charge in [-0.05, 0) is 48.7 Å². The van der Waals surface area contributed by atoms with Crippen molar-refractivity contribution in [2.75, 3.05) is 4.90 Å². The van der Waals surface area contributed by atoms with Crippen LogP contribution in [0.2, 0.25) is 0 Å². The molecule has 0 saturated carbocycles. The van der Waals surface area contributed by atoms with E-state index < -0.39 is 11.9 Å². The Morgan fingerprint density at radius 2 is 1.82 bits per heavy atom. The molecule has 6 heteroatoms. The molecule has 1 N–H and O–H groups in total. The fraction of sp³-hybridized carbons (Fsp3) is 0.227. The number of halogens is 1. The first-order valence-electron chi connectivity index (χ1n) is 9.13. The summed E-state index contributed by atoms with van der Waals surface area (Å²) in [6.07, 6.45) is 1.68. The molecule has 0 aromatic heterocycles. The van der Waals surface area contributed by atoms with Gasteiger partial charge >= 0.3 is 5.97 Å². The first-order valence-corrected chi connectivity index (χ1v) is 9.13. The number of carboxylic acids is 1. The zero-order valence-corrected chi connectivity index (χ0v) is 15.0. The number of nitrogens with zero attached hydrogens (tertiary/aromatic N) is 1. The van der Waals surface area contributed by atoms with Crippen molar-refractivity contribution in [2.45, 2.75) is 31.6 Å². The molecule has 0 saturated heterocycles. The van der Waals surface area contributed by atoms with Gasteiger partial charge in [-0.25, -0.2) is 9.18 Å². The molecule has 0 fully saturated rings. The lowest BCUT2D eigenvalue weighted by Gasteiger charge is -2.38. The van der Waals surface area contributed by atoms with Gasteiger partial charge in [0.2, 0.25) is 5.91 Å². The van der Waals surface area contributed by atoms with E-state index in [9.17, 15) is 23.9 Å². The molecule has 0 radical (unpaired) electrons. The summed E-state index contributed by atoms with van der Waals surface area (Å²) in [6, 6.07) is 12.0. The van der Waals surface area contributed by atoms with Crippen molar-refractivity contribution in [2.24, 2.45) is 0 Å². The van der Waals surface area contributed by atoms with Gasteiger partial charge in [0.05, 0.1) is 5.56 Å². The average molecular weight is 379 g/mol. The van der Waals surface area contributed by atoms with E-state index in [4.69, 9.17) is 0 Å². The number of carboxylic acid groups (broad SMARTS) is 1. The molecular weight excluding hydrogens is 361 g/mol. The number of benzene rings is 2. The molecular formula is C22H18FNO4. The first kappa shape index (κ1) is 18.1. The fourth-order valence-corrected chi connectivity index (χ4v) is 4.05. The largest absolute Gasteiger partial charge is 0.478 e. The maximum atomic E-state index is 13.3. The zero-order valence-electron chi connectivity index (χ0n) is 15.0. The van der Waals surface area contributed by atoms with Crippen LogP contribution in [0.15, 0.2) is 59.8 Å². The number of allylic oxidation sites excluding steroid dienone is 2. The number of carbonyl (C=O) groups is 3. The van der Waals surface area contributed by atoms with Crippen molar-refractivity contribution < 1.29 is 23.9 Å². The third-order valence-electron chi connectivity index (χ3n) is 5.30. The van der Waals surface area contributed by atoms with Gasteiger partial charge < -0.3 is 5.11 Å². The summed E-state index contributed by atoms with van der Waals surface area (Å²) in [5.74, 6) is -2.07. The Morgan fingerprint density at radius 3 is 2.54 bits per heavy atom. The summed E-state index contributed by atoms with van der Waals surface area (Å²) in [5, 5.41) is 9.26. The number of amides is 1. The Kier molecular flexibility index (Phi) is 4.55. The van der Waals surface area contributed by atoms with E-state index in [-0.39, 0.29) is 29.5 Å². The summed E-state index contributed by atoms with van der Waals surface area (Å²) in [6.45, 7) is 0.